The quantitative estimate of drug-likeness (QED) is 0.785. The number of likely N-dealkylation sites (N-methyl/N-ethyl adjacent to an activating group) is 1. The van der Waals surface area contributed by atoms with Crippen molar-refractivity contribution in [1.82, 2.24) is 10.2 Å². The van der Waals surface area contributed by atoms with E-state index in [1.165, 1.54) is 12.8 Å². The van der Waals surface area contributed by atoms with Crippen LogP contribution in [0.1, 0.15) is 59.8 Å². The maximum atomic E-state index is 12.2. The van der Waals surface area contributed by atoms with E-state index in [0.717, 1.165) is 19.3 Å². The first kappa shape index (κ1) is 17.4. The lowest BCUT2D eigenvalue weighted by atomic mass is 9.75. The van der Waals surface area contributed by atoms with Crippen molar-refractivity contribution in [1.29, 1.82) is 0 Å². The van der Waals surface area contributed by atoms with Gasteiger partial charge in [-0.15, -0.1) is 0 Å². The number of amides is 1. The molecule has 1 aliphatic rings. The number of nitrogens with zero attached hydrogens (tertiary/aromatic N) is 1. The molecule has 4 heteroatoms. The summed E-state index contributed by atoms with van der Waals surface area (Å²) in [5, 5.41) is 3.11. The summed E-state index contributed by atoms with van der Waals surface area (Å²) in [5.74, 6) is 0.801. The monoisotopic (exact) mass is 283 g/mol. The predicted octanol–water partition coefficient (Wildman–Crippen LogP) is 2.13. The van der Waals surface area contributed by atoms with Gasteiger partial charge in [0.05, 0.1) is 6.54 Å². The number of hydrogen-bond donors (Lipinski definition) is 2. The fraction of sp³-hybridized carbons (Fsp3) is 0.938. The second-order valence-electron chi connectivity index (χ2n) is 7.27. The zero-order valence-corrected chi connectivity index (χ0v) is 14.0. The van der Waals surface area contributed by atoms with Crippen molar-refractivity contribution >= 4 is 5.91 Å². The average molecular weight is 283 g/mol. The molecule has 2 atom stereocenters. The van der Waals surface area contributed by atoms with Gasteiger partial charge < -0.3 is 11.1 Å². The van der Waals surface area contributed by atoms with Gasteiger partial charge in [0.1, 0.15) is 0 Å². The van der Waals surface area contributed by atoms with Crippen LogP contribution in [0, 0.1) is 5.92 Å². The second-order valence-corrected chi connectivity index (χ2v) is 7.27. The van der Waals surface area contributed by atoms with Gasteiger partial charge in [-0.1, -0.05) is 26.7 Å². The van der Waals surface area contributed by atoms with E-state index in [0.29, 0.717) is 19.0 Å². The Hall–Kier alpha value is -0.610. The normalized spacial score (nSPS) is 27.6. The molecule has 118 valence electrons. The first-order chi connectivity index (χ1) is 9.24. The van der Waals surface area contributed by atoms with Crippen molar-refractivity contribution in [3.63, 3.8) is 0 Å². The van der Waals surface area contributed by atoms with E-state index in [1.807, 2.05) is 7.05 Å². The molecule has 2 unspecified atom stereocenters. The highest BCUT2D eigenvalue weighted by Crippen LogP contribution is 2.35. The van der Waals surface area contributed by atoms with Gasteiger partial charge in [-0.25, -0.2) is 0 Å². The molecule has 1 aliphatic carbocycles. The molecule has 1 amide bonds. The van der Waals surface area contributed by atoms with Crippen molar-refractivity contribution in [2.45, 2.75) is 70.9 Å². The Labute approximate surface area is 124 Å². The van der Waals surface area contributed by atoms with Crippen LogP contribution in [-0.4, -0.2) is 42.0 Å². The minimum absolute atomic E-state index is 0.00532. The number of rotatable bonds is 6. The lowest BCUT2D eigenvalue weighted by Crippen LogP contribution is -2.58. The van der Waals surface area contributed by atoms with Crippen LogP contribution in [0.2, 0.25) is 0 Å². The highest BCUT2D eigenvalue weighted by molar-refractivity contribution is 5.78. The first-order valence-electron chi connectivity index (χ1n) is 7.97. The van der Waals surface area contributed by atoms with Crippen LogP contribution in [0.25, 0.3) is 0 Å². The Bertz CT molecular complexity index is 330. The Morgan fingerprint density at radius 1 is 1.50 bits per heavy atom. The van der Waals surface area contributed by atoms with E-state index in [9.17, 15) is 4.79 Å². The number of nitrogens with one attached hydrogen (secondary N) is 1. The van der Waals surface area contributed by atoms with Gasteiger partial charge in [-0.3, -0.25) is 9.69 Å². The molecule has 4 nitrogen and oxygen atoms in total. The molecule has 1 saturated carbocycles. The minimum atomic E-state index is -0.131. The third-order valence-electron chi connectivity index (χ3n) is 5.00. The predicted molar refractivity (Wildman–Crippen MR) is 84.6 cm³/mol. The summed E-state index contributed by atoms with van der Waals surface area (Å²) in [4.78, 5) is 14.4. The lowest BCUT2D eigenvalue weighted by molar-refractivity contribution is -0.125. The van der Waals surface area contributed by atoms with Crippen molar-refractivity contribution in [2.75, 3.05) is 20.1 Å². The van der Waals surface area contributed by atoms with Gasteiger partial charge in [-0.2, -0.15) is 0 Å². The highest BCUT2D eigenvalue weighted by atomic mass is 16.2. The summed E-state index contributed by atoms with van der Waals surface area (Å²) < 4.78 is 0. The van der Waals surface area contributed by atoms with Crippen LogP contribution in [-0.2, 0) is 4.79 Å². The molecule has 0 aliphatic heterocycles. The zero-order chi connectivity index (χ0) is 15.4. The van der Waals surface area contributed by atoms with Gasteiger partial charge in [0.15, 0.2) is 0 Å². The molecule has 0 spiro atoms. The van der Waals surface area contributed by atoms with Crippen molar-refractivity contribution in [3.05, 3.63) is 0 Å². The summed E-state index contributed by atoms with van der Waals surface area (Å²) >= 11 is 0. The topological polar surface area (TPSA) is 58.4 Å². The molecule has 0 radical (unpaired) electrons. The molecule has 0 aromatic carbocycles. The number of hydrogen-bond acceptors (Lipinski definition) is 3. The van der Waals surface area contributed by atoms with Gasteiger partial charge in [0.2, 0.25) is 5.91 Å². The largest absolute Gasteiger partial charge is 0.350 e. The van der Waals surface area contributed by atoms with E-state index in [-0.39, 0.29) is 17.0 Å². The van der Waals surface area contributed by atoms with Crippen LogP contribution in [0.3, 0.4) is 0 Å². The van der Waals surface area contributed by atoms with Crippen LogP contribution in [0.4, 0.5) is 0 Å². The molecule has 0 saturated heterocycles. The number of carbonyl (C=O) groups is 1. The number of carbonyl (C=O) groups excluding carboxylic acids is 1. The van der Waals surface area contributed by atoms with Gasteiger partial charge >= 0.3 is 0 Å². The van der Waals surface area contributed by atoms with Gasteiger partial charge in [-0.05, 0) is 46.1 Å². The van der Waals surface area contributed by atoms with E-state index >= 15 is 0 Å². The fourth-order valence-corrected chi connectivity index (χ4v) is 3.21. The average Bonchev–Trinajstić information content (AvgIpc) is 2.37. The van der Waals surface area contributed by atoms with Gasteiger partial charge in [0.25, 0.3) is 0 Å². The van der Waals surface area contributed by atoms with Crippen LogP contribution < -0.4 is 11.1 Å². The summed E-state index contributed by atoms with van der Waals surface area (Å²) in [7, 11) is 2.05. The smallest absolute Gasteiger partial charge is 0.234 e. The van der Waals surface area contributed by atoms with Crippen LogP contribution in [0.5, 0.6) is 0 Å². The molecular weight excluding hydrogens is 250 g/mol. The maximum Gasteiger partial charge on any atom is 0.234 e. The van der Waals surface area contributed by atoms with Crippen LogP contribution in [0.15, 0.2) is 0 Å². The second kappa shape index (κ2) is 6.90. The van der Waals surface area contributed by atoms with E-state index in [2.05, 4.69) is 37.9 Å². The zero-order valence-electron chi connectivity index (χ0n) is 14.0. The molecule has 0 heterocycles. The third-order valence-corrected chi connectivity index (χ3v) is 5.00. The molecule has 1 rings (SSSR count). The SMILES string of the molecule is CCC(C)(C)NC(=O)CN(C)C1(CN)CCCC(C)C1. The Morgan fingerprint density at radius 2 is 2.15 bits per heavy atom. The van der Waals surface area contributed by atoms with Crippen LogP contribution >= 0.6 is 0 Å². The maximum absolute atomic E-state index is 12.2. The summed E-state index contributed by atoms with van der Waals surface area (Å²) in [6, 6.07) is 0. The molecule has 0 aromatic rings. The Morgan fingerprint density at radius 3 is 2.65 bits per heavy atom. The highest BCUT2D eigenvalue weighted by Gasteiger charge is 2.38. The molecule has 1 fully saturated rings. The standard InChI is InChI=1S/C16H33N3O/c1-6-15(3,4)18-14(20)11-19(5)16(12-17)9-7-8-13(2)10-16/h13H,6-12,17H2,1-5H3,(H,18,20). The molecule has 0 aromatic heterocycles. The van der Waals surface area contributed by atoms with Crippen molar-refractivity contribution < 1.29 is 4.79 Å². The molecular formula is C16H33N3O. The first-order valence-corrected chi connectivity index (χ1v) is 7.97. The van der Waals surface area contributed by atoms with Crippen molar-refractivity contribution in [2.24, 2.45) is 11.7 Å². The molecule has 0 bridgehead atoms. The molecule has 3 N–H and O–H groups in total. The van der Waals surface area contributed by atoms with Gasteiger partial charge in [0, 0.05) is 17.6 Å². The Kier molecular flexibility index (Phi) is 6.02. The lowest BCUT2D eigenvalue weighted by Gasteiger charge is -2.46. The van der Waals surface area contributed by atoms with E-state index in [4.69, 9.17) is 5.73 Å². The number of nitrogens with two attached hydrogens (primary N) is 1. The minimum Gasteiger partial charge on any atom is -0.350 e. The molecule has 20 heavy (non-hydrogen) atoms. The Balaban J connectivity index is 2.63. The van der Waals surface area contributed by atoms with E-state index in [1.54, 1.807) is 0 Å². The summed E-state index contributed by atoms with van der Waals surface area (Å²) in [5.41, 5.74) is 5.93. The fourth-order valence-electron chi connectivity index (χ4n) is 3.21. The third kappa shape index (κ3) is 4.45. The van der Waals surface area contributed by atoms with Crippen molar-refractivity contribution in [3.8, 4) is 0 Å². The summed E-state index contributed by atoms with van der Waals surface area (Å²) in [6.07, 6.45) is 5.64. The van der Waals surface area contributed by atoms with E-state index < -0.39 is 0 Å². The summed E-state index contributed by atoms with van der Waals surface area (Å²) in [6.45, 7) is 9.58.